The zero-order chi connectivity index (χ0) is 26.0. The van der Waals surface area contributed by atoms with Crippen LogP contribution < -0.4 is 27.8 Å². The Balaban J connectivity index is 2.14. The topological polar surface area (TPSA) is 206 Å². The summed E-state index contributed by atoms with van der Waals surface area (Å²) < 4.78 is 0. The second-order valence-corrected chi connectivity index (χ2v) is 8.58. The molecule has 1 aromatic rings. The van der Waals surface area contributed by atoms with Gasteiger partial charge in [-0.15, -0.1) is 0 Å². The molecule has 0 saturated carbocycles. The lowest BCUT2D eigenvalue weighted by atomic mass is 10.0. The molecule has 0 bridgehead atoms. The number of carboxylic acid groups (broad SMARTS) is 1. The number of hydrogen-bond donors (Lipinski definition) is 6. The number of nitrogens with one attached hydrogen (secondary N) is 2. The first-order chi connectivity index (χ1) is 16.6. The van der Waals surface area contributed by atoms with Crippen molar-refractivity contribution in [3.8, 4) is 0 Å². The maximum atomic E-state index is 13.1. The van der Waals surface area contributed by atoms with E-state index >= 15 is 0 Å². The summed E-state index contributed by atoms with van der Waals surface area (Å²) in [5.74, 6) is -2.77. The molecule has 12 nitrogen and oxygen atoms in total. The number of hydrogen-bond acceptors (Lipinski definition) is 6. The molecule has 3 amide bonds. The van der Waals surface area contributed by atoms with Crippen LogP contribution in [0.3, 0.4) is 0 Å². The van der Waals surface area contributed by atoms with Crippen LogP contribution in [0.5, 0.6) is 0 Å². The minimum absolute atomic E-state index is 0.100. The molecule has 1 aromatic carbocycles. The Bertz CT molecular complexity index is 918. The van der Waals surface area contributed by atoms with Crippen molar-refractivity contribution in [3.63, 3.8) is 0 Å². The van der Waals surface area contributed by atoms with E-state index in [9.17, 15) is 24.3 Å². The van der Waals surface area contributed by atoms with E-state index in [2.05, 4.69) is 15.6 Å². The number of carbonyl (C=O) groups excluding carboxylic acids is 3. The standard InChI is InChI=1S/C23H35N7O5/c1-14(24)21(33)30-12-6-10-18(30)20(32)29-17(13-15-7-3-2-4-8-15)19(31)28-16(22(34)35)9-5-11-27-23(25)26/h2-4,7-8,14,16-18H,5-6,9-13,24H2,1H3,(H,28,31)(H,29,32)(H,34,35)(H4,25,26,27). The van der Waals surface area contributed by atoms with Crippen molar-refractivity contribution < 1.29 is 24.3 Å². The van der Waals surface area contributed by atoms with Gasteiger partial charge in [-0.3, -0.25) is 19.4 Å². The smallest absolute Gasteiger partial charge is 0.326 e. The summed E-state index contributed by atoms with van der Waals surface area (Å²) in [5.41, 5.74) is 17.0. The summed E-state index contributed by atoms with van der Waals surface area (Å²) in [6.07, 6.45) is 1.67. The van der Waals surface area contributed by atoms with Crippen LogP contribution in [0.4, 0.5) is 0 Å². The molecule has 4 atom stereocenters. The Kier molecular flexibility index (Phi) is 10.5. The van der Waals surface area contributed by atoms with Gasteiger partial charge >= 0.3 is 5.97 Å². The number of aliphatic imine (C=N–C) groups is 1. The fraction of sp³-hybridized carbons (Fsp3) is 0.522. The molecule has 12 heteroatoms. The zero-order valence-corrected chi connectivity index (χ0v) is 19.9. The molecule has 9 N–H and O–H groups in total. The van der Waals surface area contributed by atoms with Gasteiger partial charge in [-0.25, -0.2) is 4.79 Å². The number of carbonyl (C=O) groups is 4. The number of rotatable bonds is 12. The lowest BCUT2D eigenvalue weighted by molar-refractivity contribution is -0.143. The lowest BCUT2D eigenvalue weighted by Gasteiger charge is -2.28. The molecule has 1 aliphatic heterocycles. The van der Waals surface area contributed by atoms with Gasteiger partial charge in [0.1, 0.15) is 18.1 Å². The Hall–Kier alpha value is -3.67. The molecule has 0 aliphatic carbocycles. The summed E-state index contributed by atoms with van der Waals surface area (Å²) in [6.45, 7) is 2.18. The molecule has 35 heavy (non-hydrogen) atoms. The van der Waals surface area contributed by atoms with Crippen LogP contribution in [-0.4, -0.2) is 76.9 Å². The Labute approximate surface area is 204 Å². The molecule has 4 unspecified atom stereocenters. The average Bonchev–Trinajstić information content (AvgIpc) is 3.30. The maximum absolute atomic E-state index is 13.1. The Morgan fingerprint density at radius 2 is 1.83 bits per heavy atom. The van der Waals surface area contributed by atoms with Crippen LogP contribution in [0.1, 0.15) is 38.2 Å². The molecule has 1 saturated heterocycles. The molecule has 192 valence electrons. The predicted octanol–water partition coefficient (Wildman–Crippen LogP) is -1.32. The summed E-state index contributed by atoms with van der Waals surface area (Å²) in [6, 6.07) is 5.31. The third kappa shape index (κ3) is 8.56. The quantitative estimate of drug-likeness (QED) is 0.118. The monoisotopic (exact) mass is 489 g/mol. The van der Waals surface area contributed by atoms with Crippen molar-refractivity contribution in [1.29, 1.82) is 0 Å². The van der Waals surface area contributed by atoms with E-state index in [1.807, 2.05) is 6.07 Å². The zero-order valence-electron chi connectivity index (χ0n) is 19.9. The van der Waals surface area contributed by atoms with Gasteiger partial charge in [-0.2, -0.15) is 0 Å². The minimum Gasteiger partial charge on any atom is -0.480 e. The summed E-state index contributed by atoms with van der Waals surface area (Å²) in [5, 5.41) is 14.8. The van der Waals surface area contributed by atoms with E-state index in [0.29, 0.717) is 25.8 Å². The first kappa shape index (κ1) is 27.6. The summed E-state index contributed by atoms with van der Waals surface area (Å²) in [4.78, 5) is 55.6. The number of carboxylic acids is 1. The summed E-state index contributed by atoms with van der Waals surface area (Å²) >= 11 is 0. The molecular weight excluding hydrogens is 454 g/mol. The number of nitrogens with zero attached hydrogens (tertiary/aromatic N) is 2. The number of benzene rings is 1. The number of guanidine groups is 1. The van der Waals surface area contributed by atoms with Crippen LogP contribution >= 0.6 is 0 Å². The molecule has 0 aromatic heterocycles. The third-order valence-corrected chi connectivity index (χ3v) is 5.70. The highest BCUT2D eigenvalue weighted by molar-refractivity contribution is 5.94. The SMILES string of the molecule is CC(N)C(=O)N1CCCC1C(=O)NC(Cc1ccccc1)C(=O)NC(CCCN=C(N)N)C(=O)O. The van der Waals surface area contributed by atoms with Gasteiger partial charge in [-0.05, 0) is 38.2 Å². The second kappa shape index (κ2) is 13.3. The van der Waals surface area contributed by atoms with Gasteiger partial charge in [0, 0.05) is 19.5 Å². The van der Waals surface area contributed by atoms with E-state index in [4.69, 9.17) is 17.2 Å². The summed E-state index contributed by atoms with van der Waals surface area (Å²) in [7, 11) is 0. The normalized spacial score (nSPS) is 17.7. The van der Waals surface area contributed by atoms with Crippen molar-refractivity contribution in [1.82, 2.24) is 15.5 Å². The van der Waals surface area contributed by atoms with E-state index in [1.165, 1.54) is 4.90 Å². The van der Waals surface area contributed by atoms with E-state index in [-0.39, 0.29) is 31.3 Å². The average molecular weight is 490 g/mol. The molecular formula is C23H35N7O5. The highest BCUT2D eigenvalue weighted by atomic mass is 16.4. The van der Waals surface area contributed by atoms with Crippen LogP contribution in [0, 0.1) is 0 Å². The van der Waals surface area contributed by atoms with Gasteiger partial charge in [-0.1, -0.05) is 30.3 Å². The van der Waals surface area contributed by atoms with E-state index in [1.54, 1.807) is 31.2 Å². The van der Waals surface area contributed by atoms with Gasteiger partial charge in [0.15, 0.2) is 5.96 Å². The highest BCUT2D eigenvalue weighted by Crippen LogP contribution is 2.19. The molecule has 1 heterocycles. The Morgan fingerprint density at radius 3 is 2.43 bits per heavy atom. The molecule has 0 radical (unpaired) electrons. The van der Waals surface area contributed by atoms with E-state index in [0.717, 1.165) is 5.56 Å². The fourth-order valence-corrected chi connectivity index (χ4v) is 3.92. The van der Waals surface area contributed by atoms with Crippen molar-refractivity contribution in [2.75, 3.05) is 13.1 Å². The van der Waals surface area contributed by atoms with Gasteiger partial charge < -0.3 is 37.8 Å². The molecule has 1 fully saturated rings. The third-order valence-electron chi connectivity index (χ3n) is 5.70. The molecule has 0 spiro atoms. The van der Waals surface area contributed by atoms with Crippen LogP contribution in [0.2, 0.25) is 0 Å². The largest absolute Gasteiger partial charge is 0.480 e. The number of likely N-dealkylation sites (tertiary alicyclic amines) is 1. The minimum atomic E-state index is -1.21. The van der Waals surface area contributed by atoms with Crippen molar-refractivity contribution in [2.45, 2.75) is 63.2 Å². The predicted molar refractivity (Wildman–Crippen MR) is 130 cm³/mol. The van der Waals surface area contributed by atoms with E-state index < -0.39 is 42.0 Å². The second-order valence-electron chi connectivity index (χ2n) is 8.58. The number of amides is 3. The van der Waals surface area contributed by atoms with Crippen LogP contribution in [0.15, 0.2) is 35.3 Å². The van der Waals surface area contributed by atoms with Gasteiger partial charge in [0.2, 0.25) is 17.7 Å². The fourth-order valence-electron chi connectivity index (χ4n) is 3.92. The van der Waals surface area contributed by atoms with Crippen molar-refractivity contribution in [2.24, 2.45) is 22.2 Å². The van der Waals surface area contributed by atoms with Crippen LogP contribution in [0.25, 0.3) is 0 Å². The van der Waals surface area contributed by atoms with Crippen LogP contribution in [-0.2, 0) is 25.6 Å². The Morgan fingerprint density at radius 1 is 1.14 bits per heavy atom. The van der Waals surface area contributed by atoms with Gasteiger partial charge in [0.25, 0.3) is 0 Å². The van der Waals surface area contributed by atoms with Gasteiger partial charge in [0.05, 0.1) is 6.04 Å². The molecule has 2 rings (SSSR count). The first-order valence-corrected chi connectivity index (χ1v) is 11.6. The number of aliphatic carboxylic acids is 1. The lowest BCUT2D eigenvalue weighted by Crippen LogP contribution is -2.57. The molecule has 1 aliphatic rings. The maximum Gasteiger partial charge on any atom is 0.326 e. The number of nitrogens with two attached hydrogens (primary N) is 3. The van der Waals surface area contributed by atoms with Crippen molar-refractivity contribution in [3.05, 3.63) is 35.9 Å². The highest BCUT2D eigenvalue weighted by Gasteiger charge is 2.37. The van der Waals surface area contributed by atoms with Crippen molar-refractivity contribution >= 4 is 29.7 Å². The first-order valence-electron chi connectivity index (χ1n) is 11.6.